The number of anilines is 1. The lowest BCUT2D eigenvalue weighted by atomic mass is 9.97. The third-order valence-corrected chi connectivity index (χ3v) is 5.69. The molecule has 2 aliphatic rings. The van der Waals surface area contributed by atoms with Gasteiger partial charge in [0.25, 0.3) is 11.8 Å². The maximum atomic E-state index is 13.5. The fraction of sp³-hybridized carbons (Fsp3) is 0.360. The zero-order valence-electron chi connectivity index (χ0n) is 17.8. The molecule has 0 saturated carbocycles. The van der Waals surface area contributed by atoms with Crippen LogP contribution in [0.5, 0.6) is 5.75 Å². The van der Waals surface area contributed by atoms with Crippen molar-refractivity contribution in [3.05, 3.63) is 65.9 Å². The van der Waals surface area contributed by atoms with Gasteiger partial charge in [0.1, 0.15) is 11.4 Å². The molecule has 5 nitrogen and oxygen atoms in total. The van der Waals surface area contributed by atoms with E-state index in [0.717, 1.165) is 31.5 Å². The van der Waals surface area contributed by atoms with Gasteiger partial charge in [-0.3, -0.25) is 9.59 Å². The molecule has 4 rings (SSSR count). The molecule has 0 spiro atoms. The molecule has 30 heavy (non-hydrogen) atoms. The van der Waals surface area contributed by atoms with Crippen LogP contribution in [-0.4, -0.2) is 35.9 Å². The van der Waals surface area contributed by atoms with Gasteiger partial charge in [-0.15, -0.1) is 0 Å². The second-order valence-corrected chi connectivity index (χ2v) is 8.37. The first-order chi connectivity index (χ1) is 14.5. The average molecular weight is 405 g/mol. The summed E-state index contributed by atoms with van der Waals surface area (Å²) >= 11 is 0. The molecule has 2 heterocycles. The van der Waals surface area contributed by atoms with Gasteiger partial charge < -0.3 is 9.64 Å². The number of carbonyl (C=O) groups is 2. The van der Waals surface area contributed by atoms with Crippen LogP contribution in [0.2, 0.25) is 0 Å². The number of rotatable bonds is 5. The second-order valence-electron chi connectivity index (χ2n) is 8.37. The minimum Gasteiger partial charge on any atom is -0.491 e. The number of hydrogen-bond donors (Lipinski definition) is 0. The number of imide groups is 1. The summed E-state index contributed by atoms with van der Waals surface area (Å²) in [5, 5.41) is 0. The Morgan fingerprint density at radius 3 is 2.13 bits per heavy atom. The van der Waals surface area contributed by atoms with Gasteiger partial charge in [-0.2, -0.15) is 0 Å². The fourth-order valence-corrected chi connectivity index (χ4v) is 4.09. The standard InChI is InChI=1S/C25H28N2O3/c1-17(2)30-21-11-9-20(10-12-21)27-24(28)22(19-7-5-4-6-8-19)23(25(27)29)26-15-13-18(3)14-16-26/h4-12,17-18H,13-16H2,1-3H3. The van der Waals surface area contributed by atoms with E-state index in [9.17, 15) is 9.59 Å². The first kappa shape index (κ1) is 20.2. The van der Waals surface area contributed by atoms with E-state index >= 15 is 0 Å². The van der Waals surface area contributed by atoms with E-state index in [-0.39, 0.29) is 17.9 Å². The molecule has 0 N–H and O–H groups in total. The number of likely N-dealkylation sites (tertiary alicyclic amines) is 1. The summed E-state index contributed by atoms with van der Waals surface area (Å²) in [5.41, 5.74) is 2.37. The summed E-state index contributed by atoms with van der Waals surface area (Å²) in [7, 11) is 0. The highest BCUT2D eigenvalue weighted by Crippen LogP contribution is 2.36. The van der Waals surface area contributed by atoms with Crippen molar-refractivity contribution in [2.45, 2.75) is 39.7 Å². The van der Waals surface area contributed by atoms with Crippen molar-refractivity contribution >= 4 is 23.1 Å². The van der Waals surface area contributed by atoms with Crippen LogP contribution in [0.1, 0.15) is 39.2 Å². The first-order valence-corrected chi connectivity index (χ1v) is 10.7. The van der Waals surface area contributed by atoms with Gasteiger partial charge in [0.2, 0.25) is 0 Å². The van der Waals surface area contributed by atoms with Gasteiger partial charge in [-0.05, 0) is 62.4 Å². The summed E-state index contributed by atoms with van der Waals surface area (Å²) in [5.74, 6) is 0.844. The van der Waals surface area contributed by atoms with Crippen molar-refractivity contribution in [2.24, 2.45) is 5.92 Å². The molecule has 156 valence electrons. The van der Waals surface area contributed by atoms with Gasteiger partial charge in [0.05, 0.1) is 17.4 Å². The number of nitrogens with zero attached hydrogens (tertiary/aromatic N) is 2. The predicted molar refractivity (Wildman–Crippen MR) is 118 cm³/mol. The van der Waals surface area contributed by atoms with E-state index in [2.05, 4.69) is 11.8 Å². The molecule has 2 aliphatic heterocycles. The predicted octanol–water partition coefficient (Wildman–Crippen LogP) is 4.49. The van der Waals surface area contributed by atoms with Gasteiger partial charge in [-0.1, -0.05) is 37.3 Å². The Kier molecular flexibility index (Phi) is 5.62. The molecule has 0 unspecified atom stereocenters. The lowest BCUT2D eigenvalue weighted by Gasteiger charge is -2.32. The summed E-state index contributed by atoms with van der Waals surface area (Å²) in [4.78, 5) is 30.4. The Morgan fingerprint density at radius 1 is 0.900 bits per heavy atom. The maximum Gasteiger partial charge on any atom is 0.282 e. The Bertz CT molecular complexity index is 956. The van der Waals surface area contributed by atoms with Crippen molar-refractivity contribution in [1.82, 2.24) is 4.90 Å². The number of hydrogen-bond acceptors (Lipinski definition) is 4. The second kappa shape index (κ2) is 8.34. The first-order valence-electron chi connectivity index (χ1n) is 10.7. The van der Waals surface area contributed by atoms with E-state index in [1.165, 1.54) is 4.90 Å². The van der Waals surface area contributed by atoms with E-state index in [1.54, 1.807) is 24.3 Å². The number of ether oxygens (including phenoxy) is 1. The van der Waals surface area contributed by atoms with Gasteiger partial charge in [-0.25, -0.2) is 4.90 Å². The van der Waals surface area contributed by atoms with E-state index in [0.29, 0.717) is 28.6 Å². The summed E-state index contributed by atoms with van der Waals surface area (Å²) < 4.78 is 5.70. The fourth-order valence-electron chi connectivity index (χ4n) is 4.09. The molecular formula is C25H28N2O3. The van der Waals surface area contributed by atoms with Crippen LogP contribution in [0.15, 0.2) is 60.3 Å². The Labute approximate surface area is 177 Å². The van der Waals surface area contributed by atoms with Crippen molar-refractivity contribution in [3.8, 4) is 5.75 Å². The molecule has 0 bridgehead atoms. The highest BCUT2D eigenvalue weighted by molar-refractivity contribution is 6.45. The number of carbonyl (C=O) groups excluding carboxylic acids is 2. The van der Waals surface area contributed by atoms with Gasteiger partial charge in [0, 0.05) is 13.1 Å². The van der Waals surface area contributed by atoms with Gasteiger partial charge >= 0.3 is 0 Å². The molecule has 1 saturated heterocycles. The normalized spacial score (nSPS) is 18.0. The van der Waals surface area contributed by atoms with E-state index < -0.39 is 0 Å². The maximum absolute atomic E-state index is 13.5. The lowest BCUT2D eigenvalue weighted by molar-refractivity contribution is -0.120. The molecular weight excluding hydrogens is 376 g/mol. The Hall–Kier alpha value is -3.08. The summed E-state index contributed by atoms with van der Waals surface area (Å²) in [6.45, 7) is 7.74. The largest absolute Gasteiger partial charge is 0.491 e. The zero-order chi connectivity index (χ0) is 21.3. The molecule has 0 atom stereocenters. The number of piperidine rings is 1. The van der Waals surface area contributed by atoms with Crippen LogP contribution in [0.3, 0.4) is 0 Å². The van der Waals surface area contributed by atoms with E-state index in [1.807, 2.05) is 44.2 Å². The van der Waals surface area contributed by atoms with Crippen LogP contribution < -0.4 is 9.64 Å². The SMILES string of the molecule is CC1CCN(C2=C(c3ccccc3)C(=O)N(c3ccc(OC(C)C)cc3)C2=O)CC1. The third-order valence-electron chi connectivity index (χ3n) is 5.69. The highest BCUT2D eigenvalue weighted by Gasteiger charge is 2.42. The molecule has 0 radical (unpaired) electrons. The monoisotopic (exact) mass is 404 g/mol. The molecule has 0 aliphatic carbocycles. The third kappa shape index (κ3) is 3.84. The average Bonchev–Trinajstić information content (AvgIpc) is 3.00. The van der Waals surface area contributed by atoms with Crippen LogP contribution in [-0.2, 0) is 9.59 Å². The molecule has 2 amide bonds. The minimum atomic E-state index is -0.266. The summed E-state index contributed by atoms with van der Waals surface area (Å²) in [6, 6.07) is 16.7. The smallest absolute Gasteiger partial charge is 0.282 e. The van der Waals surface area contributed by atoms with Gasteiger partial charge in [0.15, 0.2) is 0 Å². The molecule has 2 aromatic rings. The van der Waals surface area contributed by atoms with Crippen LogP contribution in [0, 0.1) is 5.92 Å². The van der Waals surface area contributed by atoms with Crippen molar-refractivity contribution in [1.29, 1.82) is 0 Å². The molecule has 0 aromatic heterocycles. The van der Waals surface area contributed by atoms with Crippen molar-refractivity contribution in [3.63, 3.8) is 0 Å². The lowest BCUT2D eigenvalue weighted by Crippen LogP contribution is -2.38. The topological polar surface area (TPSA) is 49.9 Å². The van der Waals surface area contributed by atoms with Crippen LogP contribution in [0.25, 0.3) is 5.57 Å². The number of amides is 2. The summed E-state index contributed by atoms with van der Waals surface area (Å²) in [6.07, 6.45) is 2.10. The molecule has 2 aromatic carbocycles. The Morgan fingerprint density at radius 2 is 1.53 bits per heavy atom. The Balaban J connectivity index is 1.71. The molecule has 5 heteroatoms. The van der Waals surface area contributed by atoms with Crippen LogP contribution >= 0.6 is 0 Å². The quantitative estimate of drug-likeness (QED) is 0.689. The molecule has 1 fully saturated rings. The van der Waals surface area contributed by atoms with Crippen LogP contribution in [0.4, 0.5) is 5.69 Å². The highest BCUT2D eigenvalue weighted by atomic mass is 16.5. The zero-order valence-corrected chi connectivity index (χ0v) is 17.8. The van der Waals surface area contributed by atoms with Crippen molar-refractivity contribution < 1.29 is 14.3 Å². The number of benzene rings is 2. The minimum absolute atomic E-state index is 0.0605. The van der Waals surface area contributed by atoms with E-state index in [4.69, 9.17) is 4.74 Å². The van der Waals surface area contributed by atoms with Crippen molar-refractivity contribution in [2.75, 3.05) is 18.0 Å².